The largest absolute Gasteiger partial charge is 0.380 e. The van der Waals surface area contributed by atoms with Gasteiger partial charge in [0.15, 0.2) is 5.45 Å². The Bertz CT molecular complexity index is 424. The van der Waals surface area contributed by atoms with E-state index in [1.54, 1.807) is 0 Å². The van der Waals surface area contributed by atoms with Gasteiger partial charge in [0.2, 0.25) is 0 Å². The number of rotatable bonds is 5. The van der Waals surface area contributed by atoms with Crippen molar-refractivity contribution in [2.75, 3.05) is 13.2 Å². The Balaban J connectivity index is 2.28. The minimum Gasteiger partial charge on any atom is -0.304 e. The number of hydrogen-bond acceptors (Lipinski definition) is 5. The highest BCUT2D eigenvalue weighted by Gasteiger charge is 2.39. The second-order valence-corrected chi connectivity index (χ2v) is 6.85. The van der Waals surface area contributed by atoms with Gasteiger partial charge < -0.3 is 9.05 Å². The van der Waals surface area contributed by atoms with Crippen molar-refractivity contribution in [3.63, 3.8) is 0 Å². The fourth-order valence-corrected chi connectivity index (χ4v) is 4.46. The van der Waals surface area contributed by atoms with E-state index in [1.807, 2.05) is 20.8 Å². The number of nitrogens with zero attached hydrogens (tertiary/aromatic N) is 2. The van der Waals surface area contributed by atoms with Crippen LogP contribution in [0.4, 0.5) is 0 Å². The molecular weight excluding hydrogens is 263 g/mol. The summed E-state index contributed by atoms with van der Waals surface area (Å²) in [6.45, 7) is 6.17. The van der Waals surface area contributed by atoms with Gasteiger partial charge in [-0.25, -0.2) is 0 Å². The van der Waals surface area contributed by atoms with Crippen molar-refractivity contribution in [2.24, 2.45) is 9.98 Å². The molecule has 1 aliphatic heterocycles. The average Bonchev–Trinajstić information content (AvgIpc) is 2.38. The smallest absolute Gasteiger partial charge is 0.304 e. The molecule has 0 radical (unpaired) electrons. The van der Waals surface area contributed by atoms with Crippen molar-refractivity contribution < 1.29 is 13.6 Å². The van der Waals surface area contributed by atoms with Crippen molar-refractivity contribution in [2.45, 2.75) is 58.5 Å². The Morgan fingerprint density at radius 2 is 1.63 bits per heavy atom. The van der Waals surface area contributed by atoms with Gasteiger partial charge in [0.25, 0.3) is 0 Å². The van der Waals surface area contributed by atoms with E-state index < -0.39 is 7.60 Å². The summed E-state index contributed by atoms with van der Waals surface area (Å²) in [7, 11) is -3.30. The summed E-state index contributed by atoms with van der Waals surface area (Å²) in [5.74, 6) is 0. The van der Waals surface area contributed by atoms with Gasteiger partial charge in [-0.15, -0.1) is 0 Å². The van der Waals surface area contributed by atoms with Gasteiger partial charge in [-0.1, -0.05) is 12.8 Å². The zero-order chi connectivity index (χ0) is 13.9. The van der Waals surface area contributed by atoms with Crippen LogP contribution in [0.25, 0.3) is 0 Å². The number of hydrogen-bond donors (Lipinski definition) is 0. The monoisotopic (exact) mass is 286 g/mol. The average molecular weight is 286 g/mol. The van der Waals surface area contributed by atoms with Crippen LogP contribution in [0.3, 0.4) is 0 Å². The molecule has 1 heterocycles. The maximum absolute atomic E-state index is 12.8. The normalized spacial score (nSPS) is 27.5. The molecule has 0 aromatic heterocycles. The Kier molecular flexibility index (Phi) is 4.93. The van der Waals surface area contributed by atoms with Crippen molar-refractivity contribution >= 4 is 18.8 Å². The van der Waals surface area contributed by atoms with Crippen LogP contribution in [0.1, 0.15) is 46.5 Å². The summed E-state index contributed by atoms with van der Waals surface area (Å²) in [6, 6.07) is 0.413. The van der Waals surface area contributed by atoms with Gasteiger partial charge >= 0.3 is 7.60 Å². The first-order valence-electron chi connectivity index (χ1n) is 7.13. The lowest BCUT2D eigenvalue weighted by Crippen LogP contribution is -2.35. The summed E-state index contributed by atoms with van der Waals surface area (Å²) >= 11 is 0. The Hall–Kier alpha value is -0.510. The maximum Gasteiger partial charge on any atom is 0.380 e. The van der Waals surface area contributed by atoms with Crippen LogP contribution in [-0.2, 0) is 13.6 Å². The molecule has 0 aromatic rings. The van der Waals surface area contributed by atoms with E-state index in [4.69, 9.17) is 9.05 Å². The molecule has 1 aliphatic carbocycles. The summed E-state index contributed by atoms with van der Waals surface area (Å²) in [4.78, 5) is 9.34. The van der Waals surface area contributed by atoms with Crippen LogP contribution >= 0.6 is 7.60 Å². The van der Waals surface area contributed by atoms with E-state index >= 15 is 0 Å². The third kappa shape index (κ3) is 3.15. The van der Waals surface area contributed by atoms with Gasteiger partial charge in [-0.2, -0.15) is 0 Å². The van der Waals surface area contributed by atoms with Crippen molar-refractivity contribution in [1.82, 2.24) is 0 Å². The lowest BCUT2D eigenvalue weighted by molar-refractivity contribution is 0.232. The number of fused-ring (bicyclic) bond motifs is 1. The highest BCUT2D eigenvalue weighted by atomic mass is 31.2. The van der Waals surface area contributed by atoms with Crippen LogP contribution in [0.15, 0.2) is 9.98 Å². The SMILES string of the molecule is CCOP(=O)(OCC)C1=N[C@@H]2CCCC[C@H]2N=C1C. The molecule has 19 heavy (non-hydrogen) atoms. The van der Waals surface area contributed by atoms with E-state index in [0.717, 1.165) is 12.8 Å². The quantitative estimate of drug-likeness (QED) is 0.727. The topological polar surface area (TPSA) is 60.2 Å². The first-order chi connectivity index (χ1) is 9.10. The van der Waals surface area contributed by atoms with Gasteiger partial charge in [-0.05, 0) is 33.6 Å². The van der Waals surface area contributed by atoms with Crippen LogP contribution in [0, 0.1) is 0 Å². The summed E-state index contributed by atoms with van der Waals surface area (Å²) < 4.78 is 23.6. The summed E-state index contributed by atoms with van der Waals surface area (Å²) in [6.07, 6.45) is 4.47. The molecule has 0 spiro atoms. The van der Waals surface area contributed by atoms with Crippen molar-refractivity contribution in [1.29, 1.82) is 0 Å². The van der Waals surface area contributed by atoms with Gasteiger partial charge in [0.05, 0.1) is 31.0 Å². The van der Waals surface area contributed by atoms with Gasteiger partial charge in [0, 0.05) is 0 Å². The molecule has 108 valence electrons. The zero-order valence-corrected chi connectivity index (χ0v) is 12.9. The van der Waals surface area contributed by atoms with Crippen molar-refractivity contribution in [3.05, 3.63) is 0 Å². The molecule has 1 saturated carbocycles. The Morgan fingerprint density at radius 1 is 1.11 bits per heavy atom. The lowest BCUT2D eigenvalue weighted by atomic mass is 9.90. The molecule has 2 aliphatic rings. The molecular formula is C13H23N2O3P. The molecule has 0 bridgehead atoms. The third-order valence-corrected chi connectivity index (χ3v) is 5.68. The molecule has 5 nitrogen and oxygen atoms in total. The first kappa shape index (κ1) is 14.9. The molecule has 0 aromatic carbocycles. The minimum absolute atomic E-state index is 0.154. The second kappa shape index (κ2) is 6.29. The predicted octanol–water partition coefficient (Wildman–Crippen LogP) is 3.44. The van der Waals surface area contributed by atoms with E-state index in [-0.39, 0.29) is 12.1 Å². The molecule has 2 rings (SSSR count). The molecule has 1 fully saturated rings. The highest BCUT2D eigenvalue weighted by Crippen LogP contribution is 2.51. The van der Waals surface area contributed by atoms with E-state index in [0.29, 0.717) is 24.4 Å². The molecule has 0 N–H and O–H groups in total. The fourth-order valence-electron chi connectivity index (χ4n) is 2.72. The highest BCUT2D eigenvalue weighted by molar-refractivity contribution is 7.75. The fraction of sp³-hybridized carbons (Fsp3) is 0.846. The molecule has 2 atom stereocenters. The third-order valence-electron chi connectivity index (χ3n) is 3.52. The minimum atomic E-state index is -3.30. The standard InChI is InChI=1S/C13H23N2O3P/c1-4-17-19(16,18-5-2)13-10(3)14-11-8-6-7-9-12(11)15-13/h11-12H,4-9H2,1-3H3/t11-,12-/m1/s1. The maximum atomic E-state index is 12.8. The molecule has 0 unspecified atom stereocenters. The van der Waals surface area contributed by atoms with E-state index in [1.165, 1.54) is 12.8 Å². The number of aliphatic imine (C=N–C) groups is 2. The molecule has 0 saturated heterocycles. The van der Waals surface area contributed by atoms with Crippen LogP contribution in [0.5, 0.6) is 0 Å². The van der Waals surface area contributed by atoms with Gasteiger partial charge in [-0.3, -0.25) is 14.5 Å². The van der Waals surface area contributed by atoms with Crippen LogP contribution < -0.4 is 0 Å². The van der Waals surface area contributed by atoms with E-state index in [9.17, 15) is 4.57 Å². The predicted molar refractivity (Wildman–Crippen MR) is 77.4 cm³/mol. The summed E-state index contributed by atoms with van der Waals surface area (Å²) in [5, 5.41) is 0. The first-order valence-corrected chi connectivity index (χ1v) is 8.67. The zero-order valence-electron chi connectivity index (χ0n) is 12.0. The second-order valence-electron chi connectivity index (χ2n) is 4.92. The van der Waals surface area contributed by atoms with Crippen LogP contribution in [-0.4, -0.2) is 36.5 Å². The van der Waals surface area contributed by atoms with Crippen molar-refractivity contribution in [3.8, 4) is 0 Å². The Labute approximate surface area is 115 Å². The molecule has 6 heteroatoms. The Morgan fingerprint density at radius 3 is 2.16 bits per heavy atom. The van der Waals surface area contributed by atoms with E-state index in [2.05, 4.69) is 9.98 Å². The molecule has 0 amide bonds. The summed E-state index contributed by atoms with van der Waals surface area (Å²) in [5.41, 5.74) is 1.16. The van der Waals surface area contributed by atoms with Gasteiger partial charge in [0.1, 0.15) is 0 Å². The lowest BCUT2D eigenvalue weighted by Gasteiger charge is -2.32. The van der Waals surface area contributed by atoms with Crippen LogP contribution in [0.2, 0.25) is 0 Å².